The Balaban J connectivity index is 4.13. The zero-order chi connectivity index (χ0) is 11.0. The lowest BCUT2D eigenvalue weighted by molar-refractivity contribution is 0.668. The quantitative estimate of drug-likeness (QED) is 0.486. The Morgan fingerprint density at radius 1 is 0.786 bits per heavy atom. The molecule has 0 rings (SSSR count). The molecule has 0 heterocycles. The highest BCUT2D eigenvalue weighted by Gasteiger charge is 2.21. The molecular formula is C13H29P. The van der Waals surface area contributed by atoms with Gasteiger partial charge in [0.15, 0.2) is 0 Å². The van der Waals surface area contributed by atoms with Crippen LogP contribution in [0.3, 0.4) is 0 Å². The summed E-state index contributed by atoms with van der Waals surface area (Å²) in [5, 5.41) is 0. The Labute approximate surface area is 92.6 Å². The van der Waals surface area contributed by atoms with E-state index in [1.165, 1.54) is 38.5 Å². The molecule has 0 amide bonds. The van der Waals surface area contributed by atoms with Gasteiger partial charge in [-0.15, -0.1) is 7.92 Å². The van der Waals surface area contributed by atoms with E-state index in [1.54, 1.807) is 0 Å². The number of hydrogen-bond acceptors (Lipinski definition) is 0. The summed E-state index contributed by atoms with van der Waals surface area (Å²) in [6.07, 6.45) is 8.45. The second kappa shape index (κ2) is 8.72. The molecule has 0 saturated heterocycles. The molecule has 0 spiro atoms. The van der Waals surface area contributed by atoms with Gasteiger partial charge in [-0.2, -0.15) is 0 Å². The molecule has 0 nitrogen and oxygen atoms in total. The predicted molar refractivity (Wildman–Crippen MR) is 70.8 cm³/mol. The summed E-state index contributed by atoms with van der Waals surface area (Å²) in [5.41, 5.74) is 2.07. The number of rotatable bonds is 8. The molecular weight excluding hydrogens is 187 g/mol. The lowest BCUT2D eigenvalue weighted by Crippen LogP contribution is -2.13. The first-order valence-corrected chi connectivity index (χ1v) is 8.35. The highest BCUT2D eigenvalue weighted by atomic mass is 31.1. The van der Waals surface area contributed by atoms with Crippen LogP contribution in [0.5, 0.6) is 0 Å². The molecule has 86 valence electrons. The fourth-order valence-electron chi connectivity index (χ4n) is 2.36. The van der Waals surface area contributed by atoms with Crippen LogP contribution in [-0.2, 0) is 0 Å². The van der Waals surface area contributed by atoms with Gasteiger partial charge in [0.1, 0.15) is 0 Å². The van der Waals surface area contributed by atoms with Crippen molar-refractivity contribution in [1.29, 1.82) is 0 Å². The topological polar surface area (TPSA) is 0 Å². The minimum atomic E-state index is 0.281. The molecule has 0 aliphatic rings. The monoisotopic (exact) mass is 216 g/mol. The first-order chi connectivity index (χ1) is 6.71. The Kier molecular flexibility index (Phi) is 8.98. The second-order valence-electron chi connectivity index (χ2n) is 4.37. The minimum absolute atomic E-state index is 0.281. The standard InChI is InChI=1S/C13H29P/c1-6-10-12(8-3)14(5)13(9-4)11-7-2/h12-13H,6-11H2,1-5H3. The Bertz CT molecular complexity index is 108. The lowest BCUT2D eigenvalue weighted by Gasteiger charge is -2.30. The molecule has 0 aliphatic carbocycles. The van der Waals surface area contributed by atoms with Crippen molar-refractivity contribution >= 4 is 7.92 Å². The second-order valence-corrected chi connectivity index (χ2v) is 7.16. The maximum absolute atomic E-state index is 2.54. The molecule has 2 unspecified atom stereocenters. The van der Waals surface area contributed by atoms with E-state index in [4.69, 9.17) is 0 Å². The molecule has 14 heavy (non-hydrogen) atoms. The zero-order valence-corrected chi connectivity index (χ0v) is 11.7. The van der Waals surface area contributed by atoms with Crippen molar-refractivity contribution in [1.82, 2.24) is 0 Å². The molecule has 0 fully saturated rings. The summed E-state index contributed by atoms with van der Waals surface area (Å²) >= 11 is 0. The molecule has 0 saturated carbocycles. The van der Waals surface area contributed by atoms with E-state index >= 15 is 0 Å². The first kappa shape index (κ1) is 14.4. The van der Waals surface area contributed by atoms with Crippen molar-refractivity contribution < 1.29 is 0 Å². The Hall–Kier alpha value is 0.430. The SMILES string of the molecule is CCCC(CC)P(C)C(CC)CCC. The van der Waals surface area contributed by atoms with E-state index in [2.05, 4.69) is 34.4 Å². The molecule has 0 bridgehead atoms. The first-order valence-electron chi connectivity index (χ1n) is 6.43. The van der Waals surface area contributed by atoms with E-state index in [0.717, 1.165) is 11.3 Å². The van der Waals surface area contributed by atoms with Crippen LogP contribution in [0.2, 0.25) is 0 Å². The largest absolute Gasteiger partial charge is 0.104 e. The molecule has 0 aliphatic heterocycles. The summed E-state index contributed by atoms with van der Waals surface area (Å²) < 4.78 is 0. The van der Waals surface area contributed by atoms with Gasteiger partial charge in [-0.3, -0.25) is 0 Å². The fourth-order valence-corrected chi connectivity index (χ4v) is 5.44. The maximum Gasteiger partial charge on any atom is -0.0212 e. The fraction of sp³-hybridized carbons (Fsp3) is 1.00. The van der Waals surface area contributed by atoms with Crippen LogP contribution < -0.4 is 0 Å². The molecule has 0 aromatic rings. The summed E-state index contributed by atoms with van der Waals surface area (Å²) in [6, 6.07) is 0. The zero-order valence-electron chi connectivity index (χ0n) is 10.8. The van der Waals surface area contributed by atoms with Crippen LogP contribution in [0.25, 0.3) is 0 Å². The van der Waals surface area contributed by atoms with Crippen molar-refractivity contribution in [3.8, 4) is 0 Å². The average molecular weight is 216 g/mol. The summed E-state index contributed by atoms with van der Waals surface area (Å²) in [7, 11) is 0.281. The highest BCUT2D eigenvalue weighted by Crippen LogP contribution is 2.48. The van der Waals surface area contributed by atoms with Gasteiger partial charge in [0.2, 0.25) is 0 Å². The van der Waals surface area contributed by atoms with Gasteiger partial charge in [-0.25, -0.2) is 0 Å². The van der Waals surface area contributed by atoms with Crippen LogP contribution >= 0.6 is 7.92 Å². The maximum atomic E-state index is 2.54. The van der Waals surface area contributed by atoms with E-state index in [1.807, 2.05) is 0 Å². The van der Waals surface area contributed by atoms with Crippen molar-refractivity contribution in [3.05, 3.63) is 0 Å². The smallest absolute Gasteiger partial charge is 0.0212 e. The normalized spacial score (nSPS) is 17.8. The molecule has 0 radical (unpaired) electrons. The summed E-state index contributed by atoms with van der Waals surface area (Å²) in [4.78, 5) is 0. The predicted octanol–water partition coefficient (Wildman–Crippen LogP) is 5.26. The third-order valence-corrected chi connectivity index (χ3v) is 6.89. The van der Waals surface area contributed by atoms with Crippen molar-refractivity contribution in [2.24, 2.45) is 0 Å². The number of hydrogen-bond donors (Lipinski definition) is 0. The third-order valence-electron chi connectivity index (χ3n) is 3.34. The van der Waals surface area contributed by atoms with Gasteiger partial charge in [-0.1, -0.05) is 40.5 Å². The average Bonchev–Trinajstić information content (AvgIpc) is 2.21. The van der Waals surface area contributed by atoms with Crippen LogP contribution in [0.1, 0.15) is 66.2 Å². The van der Waals surface area contributed by atoms with Crippen LogP contribution in [0.4, 0.5) is 0 Å². The van der Waals surface area contributed by atoms with Crippen molar-refractivity contribution in [3.63, 3.8) is 0 Å². The van der Waals surface area contributed by atoms with Gasteiger partial charge in [-0.05, 0) is 43.7 Å². The Morgan fingerprint density at radius 2 is 1.14 bits per heavy atom. The van der Waals surface area contributed by atoms with E-state index < -0.39 is 0 Å². The van der Waals surface area contributed by atoms with E-state index in [0.29, 0.717) is 0 Å². The summed E-state index contributed by atoms with van der Waals surface area (Å²) in [5.74, 6) is 0. The molecule has 1 heteroatoms. The third kappa shape index (κ3) is 4.78. The van der Waals surface area contributed by atoms with Gasteiger partial charge in [0, 0.05) is 0 Å². The molecule has 2 atom stereocenters. The van der Waals surface area contributed by atoms with E-state index in [-0.39, 0.29) is 7.92 Å². The van der Waals surface area contributed by atoms with Crippen molar-refractivity contribution in [2.45, 2.75) is 77.5 Å². The molecule has 0 aromatic heterocycles. The van der Waals surface area contributed by atoms with Gasteiger partial charge < -0.3 is 0 Å². The van der Waals surface area contributed by atoms with Gasteiger partial charge >= 0.3 is 0 Å². The van der Waals surface area contributed by atoms with E-state index in [9.17, 15) is 0 Å². The van der Waals surface area contributed by atoms with Crippen LogP contribution in [0.15, 0.2) is 0 Å². The Morgan fingerprint density at radius 3 is 1.36 bits per heavy atom. The molecule has 0 aromatic carbocycles. The van der Waals surface area contributed by atoms with Gasteiger partial charge in [0.25, 0.3) is 0 Å². The van der Waals surface area contributed by atoms with Crippen LogP contribution in [-0.4, -0.2) is 18.0 Å². The lowest BCUT2D eigenvalue weighted by atomic mass is 10.2. The summed E-state index contributed by atoms with van der Waals surface area (Å²) in [6.45, 7) is 11.9. The van der Waals surface area contributed by atoms with Crippen LogP contribution in [0, 0.1) is 0 Å². The molecule has 0 N–H and O–H groups in total. The van der Waals surface area contributed by atoms with Gasteiger partial charge in [0.05, 0.1) is 0 Å². The highest BCUT2D eigenvalue weighted by molar-refractivity contribution is 7.58. The van der Waals surface area contributed by atoms with Crippen molar-refractivity contribution in [2.75, 3.05) is 6.66 Å². The minimum Gasteiger partial charge on any atom is -0.104 e.